The van der Waals surface area contributed by atoms with E-state index in [0.717, 1.165) is 22.3 Å². The number of hydrogen-bond donors (Lipinski definition) is 2. The average Bonchev–Trinajstić information content (AvgIpc) is 3.43. The van der Waals surface area contributed by atoms with E-state index in [1.807, 2.05) is 53.7 Å². The lowest BCUT2D eigenvalue weighted by molar-refractivity contribution is -0.141. The first-order valence-electron chi connectivity index (χ1n) is 15.7. The zero-order valence-corrected chi connectivity index (χ0v) is 29.2. The normalized spacial score (nSPS) is 16.6. The van der Waals surface area contributed by atoms with Crippen LogP contribution in [0.5, 0.6) is 11.5 Å². The molecule has 0 aromatic heterocycles. The molecule has 3 atom stereocenters. The molecule has 0 aliphatic carbocycles. The Balaban J connectivity index is 1.87. The van der Waals surface area contributed by atoms with Crippen LogP contribution in [-0.4, -0.2) is 52.8 Å². The van der Waals surface area contributed by atoms with Crippen molar-refractivity contribution in [2.45, 2.75) is 112 Å². The van der Waals surface area contributed by atoms with Crippen molar-refractivity contribution in [2.75, 3.05) is 6.54 Å². The van der Waals surface area contributed by atoms with Gasteiger partial charge in [-0.05, 0) is 120 Å². The smallest absolute Gasteiger partial charge is 0.444 e. The van der Waals surface area contributed by atoms with Gasteiger partial charge in [-0.15, -0.1) is 0 Å². The van der Waals surface area contributed by atoms with Crippen LogP contribution in [0.25, 0.3) is 0 Å². The molecule has 2 aromatic rings. The first kappa shape index (κ1) is 36.0. The van der Waals surface area contributed by atoms with E-state index in [1.54, 1.807) is 52.0 Å². The van der Waals surface area contributed by atoms with E-state index in [4.69, 9.17) is 13.8 Å². The lowest BCUT2D eigenvalue weighted by Crippen LogP contribution is -2.56. The Morgan fingerprint density at radius 1 is 0.911 bits per heavy atom. The minimum atomic E-state index is -4.06. The van der Waals surface area contributed by atoms with Crippen LogP contribution in [-0.2, 0) is 18.9 Å². The van der Waals surface area contributed by atoms with E-state index in [1.165, 1.54) is 4.90 Å². The van der Waals surface area contributed by atoms with Gasteiger partial charge in [-0.1, -0.05) is 32.9 Å². The molecule has 1 aliphatic rings. The van der Waals surface area contributed by atoms with Gasteiger partial charge in [0, 0.05) is 6.54 Å². The molecular formula is C34H50N3O7P. The van der Waals surface area contributed by atoms with Gasteiger partial charge in [0.25, 0.3) is 0 Å². The van der Waals surface area contributed by atoms with Gasteiger partial charge < -0.3 is 29.3 Å². The van der Waals surface area contributed by atoms with Crippen LogP contribution < -0.4 is 19.7 Å². The molecule has 10 nitrogen and oxygen atoms in total. The van der Waals surface area contributed by atoms with E-state index >= 15 is 0 Å². The number of alkyl carbamates (subject to hydrolysis) is 1. The third-order valence-electron chi connectivity index (χ3n) is 7.94. The van der Waals surface area contributed by atoms with Gasteiger partial charge >= 0.3 is 13.7 Å². The summed E-state index contributed by atoms with van der Waals surface area (Å²) >= 11 is 0. The molecule has 2 aromatic carbocycles. The summed E-state index contributed by atoms with van der Waals surface area (Å²) in [5, 5.41) is 5.60. The number of hydrogen-bond acceptors (Lipinski definition) is 7. The zero-order chi connectivity index (χ0) is 33.7. The molecule has 1 fully saturated rings. The Hall–Kier alpha value is -3.52. The fraction of sp³-hybridized carbons (Fsp3) is 0.559. The molecule has 248 valence electrons. The van der Waals surface area contributed by atoms with E-state index < -0.39 is 43.1 Å². The van der Waals surface area contributed by atoms with Crippen LogP contribution in [0, 0.1) is 33.6 Å². The summed E-state index contributed by atoms with van der Waals surface area (Å²) in [6.45, 7) is 18.8. The lowest BCUT2D eigenvalue weighted by atomic mass is 10.0. The van der Waals surface area contributed by atoms with Crippen LogP contribution in [0.4, 0.5) is 4.79 Å². The summed E-state index contributed by atoms with van der Waals surface area (Å²) in [6, 6.07) is 9.10. The number of rotatable bonds is 11. The highest BCUT2D eigenvalue weighted by Gasteiger charge is 2.44. The van der Waals surface area contributed by atoms with E-state index in [-0.39, 0.29) is 18.2 Å². The van der Waals surface area contributed by atoms with E-state index in [9.17, 15) is 18.9 Å². The fourth-order valence-electron chi connectivity index (χ4n) is 5.08. The third kappa shape index (κ3) is 9.49. The molecule has 1 unspecified atom stereocenters. The average molecular weight is 644 g/mol. The second-order valence-corrected chi connectivity index (χ2v) is 15.3. The molecule has 45 heavy (non-hydrogen) atoms. The number of ether oxygens (including phenoxy) is 1. The van der Waals surface area contributed by atoms with Crippen molar-refractivity contribution in [3.8, 4) is 11.5 Å². The van der Waals surface area contributed by atoms with Crippen LogP contribution in [0.15, 0.2) is 36.4 Å². The lowest BCUT2D eigenvalue weighted by Gasteiger charge is -2.33. The van der Waals surface area contributed by atoms with E-state index in [0.29, 0.717) is 30.9 Å². The number of nitrogens with zero attached hydrogens (tertiary/aromatic N) is 1. The monoisotopic (exact) mass is 643 g/mol. The Morgan fingerprint density at radius 2 is 1.44 bits per heavy atom. The molecule has 3 rings (SSSR count). The highest BCUT2D eigenvalue weighted by molar-refractivity contribution is 7.55. The third-order valence-corrected chi connectivity index (χ3v) is 10.1. The van der Waals surface area contributed by atoms with Crippen LogP contribution >= 0.6 is 7.60 Å². The fourth-order valence-corrected chi connectivity index (χ4v) is 6.92. The number of benzene rings is 2. The quantitative estimate of drug-likeness (QED) is 0.254. The Labute approximate surface area is 268 Å². The van der Waals surface area contributed by atoms with Crippen molar-refractivity contribution in [3.05, 3.63) is 58.7 Å². The van der Waals surface area contributed by atoms with E-state index in [2.05, 4.69) is 10.6 Å². The molecule has 0 spiro atoms. The number of amides is 3. The maximum Gasteiger partial charge on any atom is 0.452 e. The van der Waals surface area contributed by atoms with Crippen molar-refractivity contribution < 1.29 is 32.7 Å². The summed E-state index contributed by atoms with van der Waals surface area (Å²) in [5.41, 5.74) is 3.30. The molecule has 1 heterocycles. The molecular weight excluding hydrogens is 593 g/mol. The van der Waals surface area contributed by atoms with Crippen LogP contribution in [0.3, 0.4) is 0 Å². The maximum atomic E-state index is 14.7. The first-order valence-corrected chi connectivity index (χ1v) is 17.3. The minimum absolute atomic E-state index is 0.244. The van der Waals surface area contributed by atoms with Gasteiger partial charge in [-0.3, -0.25) is 9.59 Å². The van der Waals surface area contributed by atoms with Crippen LogP contribution in [0.2, 0.25) is 0 Å². The molecule has 2 N–H and O–H groups in total. The standard InChI is InChI=1S/C34H50N3O7P/c1-11-29(45(41,43-26-16-14-22(4)24(6)19-26)44-27-17-15-23(5)25(7)20-27)35-31(38)28-13-12-18-37(28)32(39)30(21(2)3)36-33(40)42-34(8,9)10/h14-17,19-21,28-30H,11-13,18H2,1-10H3,(H,35,38)(H,36,40)/t28-,29?,30-/m0/s1. The zero-order valence-electron chi connectivity index (χ0n) is 28.4. The molecule has 0 bridgehead atoms. The molecule has 1 aliphatic heterocycles. The summed E-state index contributed by atoms with van der Waals surface area (Å²) in [7, 11) is -4.06. The Kier molecular flexibility index (Phi) is 11.8. The topological polar surface area (TPSA) is 123 Å². The summed E-state index contributed by atoms with van der Waals surface area (Å²) in [5.74, 6) is -1.36. The minimum Gasteiger partial charge on any atom is -0.444 e. The van der Waals surface area contributed by atoms with Gasteiger partial charge in [0.1, 0.15) is 29.2 Å². The van der Waals surface area contributed by atoms with Crippen molar-refractivity contribution in [3.63, 3.8) is 0 Å². The van der Waals surface area contributed by atoms with Gasteiger partial charge in [-0.2, -0.15) is 0 Å². The molecule has 0 radical (unpaired) electrons. The number of carbonyl (C=O) groups excluding carboxylic acids is 3. The summed E-state index contributed by atoms with van der Waals surface area (Å²) in [6.07, 6.45) is 0.571. The summed E-state index contributed by atoms with van der Waals surface area (Å²) in [4.78, 5) is 41.6. The summed E-state index contributed by atoms with van der Waals surface area (Å²) < 4.78 is 32.3. The van der Waals surface area contributed by atoms with Crippen molar-refractivity contribution in [2.24, 2.45) is 5.92 Å². The molecule has 1 saturated heterocycles. The van der Waals surface area contributed by atoms with Crippen molar-refractivity contribution in [1.82, 2.24) is 15.5 Å². The Bertz CT molecular complexity index is 1380. The van der Waals surface area contributed by atoms with Crippen LogP contribution in [0.1, 0.15) is 83.1 Å². The first-order chi connectivity index (χ1) is 20.9. The molecule has 3 amide bonds. The van der Waals surface area contributed by atoms with Crippen molar-refractivity contribution in [1.29, 1.82) is 0 Å². The van der Waals surface area contributed by atoms with Gasteiger partial charge in [0.05, 0.1) is 0 Å². The number of aryl methyl sites for hydroxylation is 4. The van der Waals surface area contributed by atoms with Gasteiger partial charge in [-0.25, -0.2) is 9.36 Å². The second-order valence-electron chi connectivity index (χ2n) is 13.2. The number of likely N-dealkylation sites (tertiary alicyclic amines) is 1. The largest absolute Gasteiger partial charge is 0.452 e. The predicted octanol–water partition coefficient (Wildman–Crippen LogP) is 6.96. The van der Waals surface area contributed by atoms with Gasteiger partial charge in [0.2, 0.25) is 11.8 Å². The van der Waals surface area contributed by atoms with Gasteiger partial charge in [0.15, 0.2) is 5.78 Å². The second kappa shape index (κ2) is 14.7. The SMILES string of the molecule is CCC(NC(=O)[C@@H]1CCCN1C(=O)[C@@H](NC(=O)OC(C)(C)C)C(C)C)P(=O)(Oc1ccc(C)c(C)c1)Oc1ccc(C)c(C)c1. The number of nitrogens with one attached hydrogen (secondary N) is 2. The molecule has 0 saturated carbocycles. The highest BCUT2D eigenvalue weighted by atomic mass is 31.2. The molecule has 11 heteroatoms. The maximum absolute atomic E-state index is 14.7. The van der Waals surface area contributed by atoms with Crippen molar-refractivity contribution >= 4 is 25.5 Å². The predicted molar refractivity (Wildman–Crippen MR) is 176 cm³/mol. The highest BCUT2D eigenvalue weighted by Crippen LogP contribution is 2.53. The Morgan fingerprint density at radius 3 is 1.89 bits per heavy atom. The number of carbonyl (C=O) groups is 3.